The monoisotopic (exact) mass is 328 g/mol. The van der Waals surface area contributed by atoms with Crippen LogP contribution in [-0.2, 0) is 19.2 Å². The number of rotatable bonds is 8. The third kappa shape index (κ3) is 6.04. The molecule has 116 valence electrons. The number of halogens is 2. The molecule has 0 saturated carbocycles. The van der Waals surface area contributed by atoms with Crippen molar-refractivity contribution in [3.63, 3.8) is 0 Å². The Kier molecular flexibility index (Phi) is 10.9. The van der Waals surface area contributed by atoms with Crippen molar-refractivity contribution in [3.05, 3.63) is 43.2 Å². The van der Waals surface area contributed by atoms with Gasteiger partial charge in [0.25, 0.3) is 0 Å². The van der Waals surface area contributed by atoms with Gasteiger partial charge in [0.05, 0.1) is 0 Å². The zero-order valence-corrected chi connectivity index (χ0v) is 14.8. The molecule has 0 unspecified atom stereocenters. The van der Waals surface area contributed by atoms with E-state index in [0.717, 1.165) is 0 Å². The Morgan fingerprint density at radius 3 is 1.62 bits per heavy atom. The van der Waals surface area contributed by atoms with Gasteiger partial charge in [-0.2, -0.15) is 0 Å². The molecule has 0 N–H and O–H groups in total. The first-order valence-corrected chi connectivity index (χ1v) is 9.45. The Hall–Kier alpha value is -0.466. The van der Waals surface area contributed by atoms with E-state index in [-0.39, 0.29) is 28.6 Å². The smallest absolute Gasteiger partial charge is 1.00 e. The summed E-state index contributed by atoms with van der Waals surface area (Å²) in [6.07, 6.45) is 20.1. The third-order valence-corrected chi connectivity index (χ3v) is 6.54. The molecule has 0 aliphatic heterocycles. The second-order valence-electron chi connectivity index (χ2n) is 5.55. The second kappa shape index (κ2) is 11.1. The van der Waals surface area contributed by atoms with Gasteiger partial charge < -0.3 is 9.41 Å². The molecule has 0 radical (unpaired) electrons. The molecule has 2 aliphatic rings. The molecule has 3 heteroatoms. The van der Waals surface area contributed by atoms with Crippen LogP contribution in [0.3, 0.4) is 0 Å². The fourth-order valence-electron chi connectivity index (χ4n) is 2.75. The first kappa shape index (κ1) is 20.5. The molecule has 0 fully saturated rings. The maximum Gasteiger partial charge on any atom is -1.00 e. The van der Waals surface area contributed by atoms with Gasteiger partial charge in [-0.25, -0.2) is 0 Å². The van der Waals surface area contributed by atoms with Crippen LogP contribution in [0.15, 0.2) is 43.2 Å². The van der Waals surface area contributed by atoms with Crippen molar-refractivity contribution < 1.29 is 28.6 Å². The molecule has 0 atom stereocenters. The van der Waals surface area contributed by atoms with E-state index in [1.807, 2.05) is 7.76 Å². The Labute approximate surface area is 137 Å². The summed E-state index contributed by atoms with van der Waals surface area (Å²) in [6, 6.07) is 0. The summed E-state index contributed by atoms with van der Waals surface area (Å²) in [7, 11) is 0. The van der Waals surface area contributed by atoms with Gasteiger partial charge in [-0.1, -0.05) is 0 Å². The molecular weight excluding hydrogens is 302 g/mol. The van der Waals surface area contributed by atoms with Gasteiger partial charge in [0.2, 0.25) is 0 Å². The molecule has 2 aliphatic carbocycles. The maximum absolute atomic E-state index is 2.41. The summed E-state index contributed by atoms with van der Waals surface area (Å²) in [5.41, 5.74) is 3.38. The largest absolute Gasteiger partial charge is 1.00 e. The van der Waals surface area contributed by atoms with Gasteiger partial charge >= 0.3 is 128 Å². The Morgan fingerprint density at radius 2 is 1.24 bits per heavy atom. The SMILES string of the molecule is CCCCC1=[C]([Ti+2][C]2=C(CCCC)C=CC2)CC=C1.[F-].[F-]. The molecular formula is C18H26F2Ti. The predicted molar refractivity (Wildman–Crippen MR) is 80.6 cm³/mol. The van der Waals surface area contributed by atoms with Gasteiger partial charge in [-0.15, -0.1) is 0 Å². The molecule has 0 aromatic heterocycles. The van der Waals surface area contributed by atoms with Crippen LogP contribution in [0.2, 0.25) is 0 Å². The minimum absolute atomic E-state index is 0. The van der Waals surface area contributed by atoms with Crippen LogP contribution in [0.4, 0.5) is 0 Å². The van der Waals surface area contributed by atoms with E-state index >= 15 is 0 Å². The fraction of sp³-hybridized carbons (Fsp3) is 0.556. The first-order valence-electron chi connectivity index (χ1n) is 7.89. The van der Waals surface area contributed by atoms with Crippen LogP contribution >= 0.6 is 0 Å². The zero-order valence-electron chi connectivity index (χ0n) is 13.2. The van der Waals surface area contributed by atoms with Crippen molar-refractivity contribution in [2.45, 2.75) is 65.2 Å². The van der Waals surface area contributed by atoms with E-state index in [1.165, 1.54) is 51.4 Å². The topological polar surface area (TPSA) is 0 Å². The summed E-state index contributed by atoms with van der Waals surface area (Å²) in [5.74, 6) is 0. The number of unbranched alkanes of at least 4 members (excludes halogenated alkanes) is 2. The zero-order chi connectivity index (χ0) is 13.5. The molecule has 0 spiro atoms. The van der Waals surface area contributed by atoms with Gasteiger partial charge in [0.15, 0.2) is 0 Å². The van der Waals surface area contributed by atoms with Crippen molar-refractivity contribution in [1.29, 1.82) is 0 Å². The van der Waals surface area contributed by atoms with Gasteiger partial charge in [0, 0.05) is 0 Å². The second-order valence-corrected chi connectivity index (χ2v) is 7.83. The van der Waals surface area contributed by atoms with E-state index < -0.39 is 0 Å². The summed E-state index contributed by atoms with van der Waals surface area (Å²) in [6.45, 7) is 4.59. The van der Waals surface area contributed by atoms with E-state index in [1.54, 1.807) is 11.1 Å². The molecule has 0 amide bonds. The van der Waals surface area contributed by atoms with Crippen LogP contribution in [0.5, 0.6) is 0 Å². The fourth-order valence-corrected chi connectivity index (χ4v) is 5.16. The van der Waals surface area contributed by atoms with E-state index in [2.05, 4.69) is 38.2 Å². The first-order chi connectivity index (χ1) is 9.35. The van der Waals surface area contributed by atoms with Crippen LogP contribution in [0.25, 0.3) is 0 Å². The predicted octanol–water partition coefficient (Wildman–Crippen LogP) is -0.115. The van der Waals surface area contributed by atoms with Gasteiger partial charge in [0.1, 0.15) is 0 Å². The molecule has 2 rings (SSSR count). The van der Waals surface area contributed by atoms with Crippen molar-refractivity contribution in [2.75, 3.05) is 0 Å². The standard InChI is InChI=1S/2C9H13.2FH.Ti/c2*1-2-3-6-9-7-4-5-8-9;;;/h2*4,7H,2-3,5-6H2,1H3;2*1H;/q;;;;+2/p-2. The number of hydrogen-bond acceptors (Lipinski definition) is 0. The quantitative estimate of drug-likeness (QED) is 0.546. The van der Waals surface area contributed by atoms with Crippen LogP contribution < -0.4 is 9.41 Å². The molecule has 0 aromatic rings. The summed E-state index contributed by atoms with van der Waals surface area (Å²) in [4.78, 5) is 0. The molecule has 21 heavy (non-hydrogen) atoms. The van der Waals surface area contributed by atoms with Crippen LogP contribution in [-0.4, -0.2) is 0 Å². The van der Waals surface area contributed by atoms with E-state index in [0.29, 0.717) is 0 Å². The molecule has 0 saturated heterocycles. The molecule has 0 aromatic carbocycles. The van der Waals surface area contributed by atoms with Gasteiger partial charge in [-0.05, 0) is 0 Å². The summed E-state index contributed by atoms with van der Waals surface area (Å²) < 4.78 is 3.64. The third-order valence-electron chi connectivity index (χ3n) is 3.96. The normalized spacial score (nSPS) is 16.1. The van der Waals surface area contributed by atoms with E-state index in [9.17, 15) is 0 Å². The number of allylic oxidation sites excluding steroid dienone is 8. The van der Waals surface area contributed by atoms with Crippen LogP contribution in [0.1, 0.15) is 65.2 Å². The van der Waals surface area contributed by atoms with Crippen molar-refractivity contribution in [3.8, 4) is 0 Å². The average Bonchev–Trinajstić information content (AvgIpc) is 3.04. The molecule has 0 heterocycles. The Morgan fingerprint density at radius 1 is 0.810 bits per heavy atom. The maximum atomic E-state index is 2.41. The Balaban J connectivity index is 0.00000200. The van der Waals surface area contributed by atoms with Crippen molar-refractivity contribution in [2.24, 2.45) is 0 Å². The Bertz CT molecular complexity index is 390. The number of hydrogen-bond donors (Lipinski definition) is 0. The average molecular weight is 328 g/mol. The minimum Gasteiger partial charge on any atom is -1.00 e. The van der Waals surface area contributed by atoms with Crippen molar-refractivity contribution in [1.82, 2.24) is 0 Å². The molecule has 0 nitrogen and oxygen atoms in total. The molecule has 0 bridgehead atoms. The summed E-state index contributed by atoms with van der Waals surface area (Å²) in [5, 5.41) is 0. The van der Waals surface area contributed by atoms with Gasteiger partial charge in [-0.3, -0.25) is 0 Å². The van der Waals surface area contributed by atoms with Crippen molar-refractivity contribution >= 4 is 0 Å². The minimum atomic E-state index is -0.0137. The van der Waals surface area contributed by atoms with Crippen LogP contribution in [0, 0.1) is 0 Å². The van der Waals surface area contributed by atoms with E-state index in [4.69, 9.17) is 0 Å². The summed E-state index contributed by atoms with van der Waals surface area (Å²) >= 11 is -0.0137.